The molecule has 0 radical (unpaired) electrons. The van der Waals surface area contributed by atoms with E-state index < -0.39 is 0 Å². The third-order valence-corrected chi connectivity index (χ3v) is 2.76. The molecule has 0 spiro atoms. The van der Waals surface area contributed by atoms with E-state index in [9.17, 15) is 4.79 Å². The van der Waals surface area contributed by atoms with Crippen molar-refractivity contribution in [3.05, 3.63) is 28.8 Å². The summed E-state index contributed by atoms with van der Waals surface area (Å²) in [4.78, 5) is 11.5. The summed E-state index contributed by atoms with van der Waals surface area (Å²) in [6, 6.07) is 5.58. The van der Waals surface area contributed by atoms with E-state index in [1.54, 1.807) is 6.07 Å². The maximum absolute atomic E-state index is 11.5. The number of carbonyl (C=O) groups is 1. The summed E-state index contributed by atoms with van der Waals surface area (Å²) in [5.41, 5.74) is 1.04. The van der Waals surface area contributed by atoms with Crippen molar-refractivity contribution in [2.75, 3.05) is 19.8 Å². The number of nitrogens with one attached hydrogen (secondary N) is 1. The van der Waals surface area contributed by atoms with Crippen LogP contribution in [0, 0.1) is 6.92 Å². The van der Waals surface area contributed by atoms with Crippen molar-refractivity contribution in [2.45, 2.75) is 13.0 Å². The lowest BCUT2D eigenvalue weighted by Crippen LogP contribution is -2.49. The number of amides is 1. The molecule has 1 aromatic rings. The molecule has 4 nitrogen and oxygen atoms in total. The van der Waals surface area contributed by atoms with Crippen molar-refractivity contribution in [3.8, 4) is 5.75 Å². The fraction of sp³-hybridized carbons (Fsp3) is 0.417. The quantitative estimate of drug-likeness (QED) is 0.888. The highest BCUT2D eigenvalue weighted by Crippen LogP contribution is 2.24. The van der Waals surface area contributed by atoms with Crippen LogP contribution >= 0.6 is 11.6 Å². The normalized spacial score (nSPS) is 15.2. The minimum Gasteiger partial charge on any atom is -0.482 e. The first kappa shape index (κ1) is 12.2. The van der Waals surface area contributed by atoms with Crippen LogP contribution in [0.3, 0.4) is 0 Å². The summed E-state index contributed by atoms with van der Waals surface area (Å²) in [6.45, 7) is 3.07. The fourth-order valence-electron chi connectivity index (χ4n) is 1.45. The monoisotopic (exact) mass is 255 g/mol. The molecule has 1 N–H and O–H groups in total. The largest absolute Gasteiger partial charge is 0.482 e. The summed E-state index contributed by atoms with van der Waals surface area (Å²) < 4.78 is 10.3. The average Bonchev–Trinajstić information content (AvgIpc) is 2.25. The molecular formula is C12H14ClNO3. The molecule has 92 valence electrons. The Morgan fingerprint density at radius 3 is 3.00 bits per heavy atom. The maximum atomic E-state index is 11.5. The number of benzene rings is 1. The van der Waals surface area contributed by atoms with Crippen molar-refractivity contribution in [1.82, 2.24) is 5.32 Å². The van der Waals surface area contributed by atoms with Crippen molar-refractivity contribution in [1.29, 1.82) is 0 Å². The summed E-state index contributed by atoms with van der Waals surface area (Å²) >= 11 is 5.95. The highest BCUT2D eigenvalue weighted by atomic mass is 35.5. The fourth-order valence-corrected chi connectivity index (χ4v) is 1.62. The topological polar surface area (TPSA) is 47.6 Å². The Morgan fingerprint density at radius 2 is 2.35 bits per heavy atom. The zero-order chi connectivity index (χ0) is 12.3. The minimum absolute atomic E-state index is 0.0281. The van der Waals surface area contributed by atoms with Gasteiger partial charge in [0.2, 0.25) is 0 Å². The first-order valence-corrected chi connectivity index (χ1v) is 5.79. The Bertz CT molecular complexity index is 418. The standard InChI is InChI=1S/C12H14ClNO3/c1-8-2-3-10(13)11(4-8)17-7-12(15)14-9-5-16-6-9/h2-4,9H,5-7H2,1H3,(H,14,15). The number of hydrogen-bond donors (Lipinski definition) is 1. The molecule has 0 saturated carbocycles. The van der Waals surface area contributed by atoms with E-state index in [4.69, 9.17) is 21.1 Å². The lowest BCUT2D eigenvalue weighted by molar-refractivity contribution is -0.127. The van der Waals surface area contributed by atoms with Crippen LogP contribution in [0.2, 0.25) is 5.02 Å². The molecule has 1 saturated heterocycles. The summed E-state index contributed by atoms with van der Waals surface area (Å²) in [5, 5.41) is 3.30. The van der Waals surface area contributed by atoms with Gasteiger partial charge in [0, 0.05) is 0 Å². The summed E-state index contributed by atoms with van der Waals surface area (Å²) in [7, 11) is 0. The third kappa shape index (κ3) is 3.35. The van der Waals surface area contributed by atoms with E-state index in [0.29, 0.717) is 24.0 Å². The number of rotatable bonds is 4. The highest BCUT2D eigenvalue weighted by Gasteiger charge is 2.20. The van der Waals surface area contributed by atoms with Crippen LogP contribution in [0.5, 0.6) is 5.75 Å². The minimum atomic E-state index is -0.157. The van der Waals surface area contributed by atoms with Crippen LogP contribution < -0.4 is 10.1 Å². The molecule has 0 aliphatic carbocycles. The van der Waals surface area contributed by atoms with E-state index in [2.05, 4.69) is 5.32 Å². The smallest absolute Gasteiger partial charge is 0.258 e. The molecule has 0 bridgehead atoms. The van der Waals surface area contributed by atoms with Crippen LogP contribution in [-0.2, 0) is 9.53 Å². The van der Waals surface area contributed by atoms with Gasteiger partial charge in [-0.15, -0.1) is 0 Å². The van der Waals surface area contributed by atoms with E-state index in [1.807, 2.05) is 19.1 Å². The Labute approximate surface area is 105 Å². The Kier molecular flexibility index (Phi) is 3.86. The van der Waals surface area contributed by atoms with Gasteiger partial charge in [0.25, 0.3) is 5.91 Å². The van der Waals surface area contributed by atoms with Crippen LogP contribution in [-0.4, -0.2) is 31.8 Å². The number of halogens is 1. The summed E-state index contributed by atoms with van der Waals surface area (Å²) in [5.74, 6) is 0.377. The number of aryl methyl sites for hydroxylation is 1. The van der Waals surface area contributed by atoms with Gasteiger partial charge >= 0.3 is 0 Å². The van der Waals surface area contributed by atoms with Gasteiger partial charge in [-0.1, -0.05) is 17.7 Å². The van der Waals surface area contributed by atoms with E-state index in [0.717, 1.165) is 5.56 Å². The lowest BCUT2D eigenvalue weighted by Gasteiger charge is -2.26. The van der Waals surface area contributed by atoms with Gasteiger partial charge < -0.3 is 14.8 Å². The molecular weight excluding hydrogens is 242 g/mol. The molecule has 1 fully saturated rings. The third-order valence-electron chi connectivity index (χ3n) is 2.45. The Hall–Kier alpha value is -1.26. The molecule has 1 aliphatic heterocycles. The van der Waals surface area contributed by atoms with Crippen LogP contribution in [0.15, 0.2) is 18.2 Å². The predicted octanol–water partition coefficient (Wildman–Crippen LogP) is 1.54. The summed E-state index contributed by atoms with van der Waals surface area (Å²) in [6.07, 6.45) is 0. The van der Waals surface area contributed by atoms with Gasteiger partial charge in [-0.25, -0.2) is 0 Å². The van der Waals surface area contributed by atoms with Gasteiger partial charge in [0.1, 0.15) is 5.75 Å². The predicted molar refractivity (Wildman–Crippen MR) is 64.4 cm³/mol. The van der Waals surface area contributed by atoms with Crippen LogP contribution in [0.1, 0.15) is 5.56 Å². The van der Waals surface area contributed by atoms with Crippen molar-refractivity contribution in [3.63, 3.8) is 0 Å². The van der Waals surface area contributed by atoms with Gasteiger partial charge in [-0.3, -0.25) is 4.79 Å². The molecule has 2 rings (SSSR count). The second kappa shape index (κ2) is 5.38. The molecule has 1 aromatic carbocycles. The molecule has 0 aromatic heterocycles. The first-order chi connectivity index (χ1) is 8.15. The molecule has 0 unspecified atom stereocenters. The van der Waals surface area contributed by atoms with E-state index in [-0.39, 0.29) is 18.6 Å². The number of carbonyl (C=O) groups excluding carboxylic acids is 1. The second-order valence-electron chi connectivity index (χ2n) is 4.02. The maximum Gasteiger partial charge on any atom is 0.258 e. The zero-order valence-electron chi connectivity index (χ0n) is 9.53. The number of hydrogen-bond acceptors (Lipinski definition) is 3. The van der Waals surface area contributed by atoms with Gasteiger partial charge in [-0.05, 0) is 24.6 Å². The number of ether oxygens (including phenoxy) is 2. The lowest BCUT2D eigenvalue weighted by atomic mass is 10.2. The molecule has 0 atom stereocenters. The zero-order valence-corrected chi connectivity index (χ0v) is 10.3. The molecule has 17 heavy (non-hydrogen) atoms. The Balaban J connectivity index is 1.83. The van der Waals surface area contributed by atoms with Crippen molar-refractivity contribution in [2.24, 2.45) is 0 Å². The van der Waals surface area contributed by atoms with Crippen molar-refractivity contribution < 1.29 is 14.3 Å². The SMILES string of the molecule is Cc1ccc(Cl)c(OCC(=O)NC2COC2)c1. The first-order valence-electron chi connectivity index (χ1n) is 5.41. The second-order valence-corrected chi connectivity index (χ2v) is 4.43. The molecule has 1 heterocycles. The molecule has 5 heteroatoms. The van der Waals surface area contributed by atoms with E-state index >= 15 is 0 Å². The van der Waals surface area contributed by atoms with Crippen LogP contribution in [0.4, 0.5) is 0 Å². The van der Waals surface area contributed by atoms with Crippen LogP contribution in [0.25, 0.3) is 0 Å². The highest BCUT2D eigenvalue weighted by molar-refractivity contribution is 6.32. The average molecular weight is 256 g/mol. The van der Waals surface area contributed by atoms with Crippen molar-refractivity contribution >= 4 is 17.5 Å². The van der Waals surface area contributed by atoms with Gasteiger partial charge in [-0.2, -0.15) is 0 Å². The van der Waals surface area contributed by atoms with Gasteiger partial charge in [0.15, 0.2) is 6.61 Å². The van der Waals surface area contributed by atoms with E-state index in [1.165, 1.54) is 0 Å². The van der Waals surface area contributed by atoms with Gasteiger partial charge in [0.05, 0.1) is 24.3 Å². The molecule has 1 amide bonds. The Morgan fingerprint density at radius 1 is 1.59 bits per heavy atom. The molecule has 1 aliphatic rings.